The maximum atomic E-state index is 4.37. The van der Waals surface area contributed by atoms with Gasteiger partial charge in [0.2, 0.25) is 0 Å². The Morgan fingerprint density at radius 3 is 3.00 bits per heavy atom. The van der Waals surface area contributed by atoms with Crippen LogP contribution in [0.2, 0.25) is 0 Å². The second kappa shape index (κ2) is 2.93. The maximum absolute atomic E-state index is 4.37. The molecule has 0 spiro atoms. The molecular formula is C9H11N3. The van der Waals surface area contributed by atoms with Gasteiger partial charge in [-0.2, -0.15) is 5.10 Å². The fourth-order valence-electron chi connectivity index (χ4n) is 1.27. The van der Waals surface area contributed by atoms with E-state index in [0.29, 0.717) is 0 Å². The molecule has 0 radical (unpaired) electrons. The van der Waals surface area contributed by atoms with Crippen LogP contribution in [0.1, 0.15) is 13.3 Å². The van der Waals surface area contributed by atoms with Crippen LogP contribution in [0.25, 0.3) is 0 Å². The van der Waals surface area contributed by atoms with Crippen LogP contribution in [0.15, 0.2) is 29.6 Å². The van der Waals surface area contributed by atoms with Gasteiger partial charge in [-0.3, -0.25) is 9.99 Å². The van der Waals surface area contributed by atoms with Crippen molar-refractivity contribution in [2.45, 2.75) is 13.3 Å². The Kier molecular flexibility index (Phi) is 1.78. The highest BCUT2D eigenvalue weighted by molar-refractivity contribution is 5.85. The number of hydrogen-bond acceptors (Lipinski definition) is 3. The van der Waals surface area contributed by atoms with Crippen molar-refractivity contribution in [2.24, 2.45) is 5.10 Å². The molecule has 0 bridgehead atoms. The molecule has 1 aliphatic heterocycles. The van der Waals surface area contributed by atoms with E-state index in [1.165, 1.54) is 5.71 Å². The maximum Gasteiger partial charge on any atom is 0.0777 e. The number of rotatable bonds is 1. The topological polar surface area (TPSA) is 28.5 Å². The lowest BCUT2D eigenvalue weighted by atomic mass is 10.3. The first-order valence-electron chi connectivity index (χ1n) is 4.08. The average Bonchev–Trinajstić information content (AvgIpc) is 2.54. The van der Waals surface area contributed by atoms with Crippen LogP contribution in [-0.4, -0.2) is 17.2 Å². The SMILES string of the molecule is CC1=NN(c2cccnc2)CC1. The highest BCUT2D eigenvalue weighted by Crippen LogP contribution is 2.16. The second-order valence-corrected chi connectivity index (χ2v) is 2.92. The molecule has 1 aliphatic rings. The molecule has 0 fully saturated rings. The molecule has 0 saturated carbocycles. The summed E-state index contributed by atoms with van der Waals surface area (Å²) in [7, 11) is 0. The Hall–Kier alpha value is -1.38. The van der Waals surface area contributed by atoms with Gasteiger partial charge in [-0.05, 0) is 19.1 Å². The van der Waals surface area contributed by atoms with Crippen LogP contribution in [-0.2, 0) is 0 Å². The van der Waals surface area contributed by atoms with Gasteiger partial charge in [-0.1, -0.05) is 0 Å². The molecule has 12 heavy (non-hydrogen) atoms. The van der Waals surface area contributed by atoms with Crippen molar-refractivity contribution in [1.82, 2.24) is 4.98 Å². The summed E-state index contributed by atoms with van der Waals surface area (Å²) in [5.41, 5.74) is 2.27. The van der Waals surface area contributed by atoms with E-state index in [0.717, 1.165) is 18.7 Å². The molecule has 0 aromatic carbocycles. The summed E-state index contributed by atoms with van der Waals surface area (Å²) in [5.74, 6) is 0. The van der Waals surface area contributed by atoms with Gasteiger partial charge in [0.15, 0.2) is 0 Å². The molecule has 0 saturated heterocycles. The first kappa shape index (κ1) is 7.28. The number of nitrogens with zero attached hydrogens (tertiary/aromatic N) is 3. The lowest BCUT2D eigenvalue weighted by molar-refractivity contribution is 0.917. The summed E-state index contributed by atoms with van der Waals surface area (Å²) in [4.78, 5) is 4.04. The molecule has 3 nitrogen and oxygen atoms in total. The van der Waals surface area contributed by atoms with Gasteiger partial charge < -0.3 is 0 Å². The summed E-state index contributed by atoms with van der Waals surface area (Å²) in [6, 6.07) is 3.95. The van der Waals surface area contributed by atoms with E-state index in [1.54, 1.807) is 6.20 Å². The van der Waals surface area contributed by atoms with E-state index in [-0.39, 0.29) is 0 Å². The monoisotopic (exact) mass is 161 g/mol. The number of hydrogen-bond donors (Lipinski definition) is 0. The summed E-state index contributed by atoms with van der Waals surface area (Å²) in [6.45, 7) is 3.04. The first-order valence-corrected chi connectivity index (χ1v) is 4.08. The van der Waals surface area contributed by atoms with E-state index in [1.807, 2.05) is 23.3 Å². The summed E-state index contributed by atoms with van der Waals surface area (Å²) in [6.07, 6.45) is 4.67. The standard InChI is InChI=1S/C9H11N3/c1-8-4-6-12(11-8)9-3-2-5-10-7-9/h2-3,5,7H,4,6H2,1H3. The lowest BCUT2D eigenvalue weighted by Crippen LogP contribution is -2.11. The van der Waals surface area contributed by atoms with Gasteiger partial charge in [-0.15, -0.1) is 0 Å². The molecule has 0 atom stereocenters. The van der Waals surface area contributed by atoms with Crippen molar-refractivity contribution < 1.29 is 0 Å². The molecule has 0 amide bonds. The van der Waals surface area contributed by atoms with Crippen LogP contribution in [0, 0.1) is 0 Å². The van der Waals surface area contributed by atoms with Gasteiger partial charge in [0, 0.05) is 24.9 Å². The quantitative estimate of drug-likeness (QED) is 0.626. The smallest absolute Gasteiger partial charge is 0.0777 e. The Balaban J connectivity index is 2.22. The molecular weight excluding hydrogens is 150 g/mol. The third-order valence-corrected chi connectivity index (χ3v) is 1.92. The number of pyridine rings is 1. The summed E-state index contributed by atoms with van der Waals surface area (Å²) < 4.78 is 0. The van der Waals surface area contributed by atoms with E-state index in [9.17, 15) is 0 Å². The van der Waals surface area contributed by atoms with Crippen LogP contribution < -0.4 is 5.01 Å². The second-order valence-electron chi connectivity index (χ2n) is 2.92. The van der Waals surface area contributed by atoms with E-state index >= 15 is 0 Å². The first-order chi connectivity index (χ1) is 5.86. The zero-order valence-electron chi connectivity index (χ0n) is 7.07. The fraction of sp³-hybridized carbons (Fsp3) is 0.333. The Morgan fingerprint density at radius 2 is 2.42 bits per heavy atom. The molecule has 0 unspecified atom stereocenters. The van der Waals surface area contributed by atoms with Crippen molar-refractivity contribution in [3.05, 3.63) is 24.5 Å². The molecule has 1 aromatic rings. The molecule has 3 heteroatoms. The summed E-state index contributed by atoms with van der Waals surface area (Å²) in [5, 5.41) is 6.36. The number of anilines is 1. The fourth-order valence-corrected chi connectivity index (χ4v) is 1.27. The van der Waals surface area contributed by atoms with Gasteiger partial charge in [-0.25, -0.2) is 0 Å². The zero-order valence-corrected chi connectivity index (χ0v) is 7.07. The Bertz CT molecular complexity index is 292. The van der Waals surface area contributed by atoms with Crippen molar-refractivity contribution in [1.29, 1.82) is 0 Å². The normalized spacial score (nSPS) is 16.4. The minimum Gasteiger partial charge on any atom is -0.264 e. The predicted molar refractivity (Wildman–Crippen MR) is 49.3 cm³/mol. The van der Waals surface area contributed by atoms with Crippen molar-refractivity contribution in [2.75, 3.05) is 11.6 Å². The number of hydrazone groups is 1. The molecule has 62 valence electrons. The molecule has 0 aliphatic carbocycles. The third kappa shape index (κ3) is 1.30. The zero-order chi connectivity index (χ0) is 8.39. The van der Waals surface area contributed by atoms with Crippen LogP contribution in [0.3, 0.4) is 0 Å². The third-order valence-electron chi connectivity index (χ3n) is 1.92. The van der Waals surface area contributed by atoms with Gasteiger partial charge >= 0.3 is 0 Å². The van der Waals surface area contributed by atoms with Gasteiger partial charge in [0.25, 0.3) is 0 Å². The largest absolute Gasteiger partial charge is 0.264 e. The Labute approximate surface area is 71.7 Å². The number of aromatic nitrogens is 1. The molecule has 2 rings (SSSR count). The molecule has 0 N–H and O–H groups in total. The highest BCUT2D eigenvalue weighted by Gasteiger charge is 2.11. The lowest BCUT2D eigenvalue weighted by Gasteiger charge is -2.11. The minimum absolute atomic E-state index is 0.984. The van der Waals surface area contributed by atoms with Crippen LogP contribution in [0.4, 0.5) is 5.69 Å². The van der Waals surface area contributed by atoms with E-state index in [2.05, 4.69) is 17.0 Å². The van der Waals surface area contributed by atoms with Crippen LogP contribution >= 0.6 is 0 Å². The minimum atomic E-state index is 0.984. The van der Waals surface area contributed by atoms with Crippen molar-refractivity contribution >= 4 is 11.4 Å². The Morgan fingerprint density at radius 1 is 1.50 bits per heavy atom. The predicted octanol–water partition coefficient (Wildman–Crippen LogP) is 1.67. The van der Waals surface area contributed by atoms with Crippen molar-refractivity contribution in [3.8, 4) is 0 Å². The van der Waals surface area contributed by atoms with E-state index < -0.39 is 0 Å². The van der Waals surface area contributed by atoms with E-state index in [4.69, 9.17) is 0 Å². The van der Waals surface area contributed by atoms with Gasteiger partial charge in [0.1, 0.15) is 0 Å². The van der Waals surface area contributed by atoms with Crippen molar-refractivity contribution in [3.63, 3.8) is 0 Å². The van der Waals surface area contributed by atoms with Gasteiger partial charge in [0.05, 0.1) is 11.9 Å². The van der Waals surface area contributed by atoms with Crippen LogP contribution in [0.5, 0.6) is 0 Å². The molecule has 1 aromatic heterocycles. The average molecular weight is 161 g/mol. The summed E-state index contributed by atoms with van der Waals surface area (Å²) >= 11 is 0. The highest BCUT2D eigenvalue weighted by atomic mass is 15.5. The molecule has 2 heterocycles.